The van der Waals surface area contributed by atoms with Crippen molar-refractivity contribution in [1.82, 2.24) is 20.0 Å². The fourth-order valence-corrected chi connectivity index (χ4v) is 3.63. The first-order chi connectivity index (χ1) is 12.9. The van der Waals surface area contributed by atoms with Crippen molar-refractivity contribution >= 4 is 11.8 Å². The summed E-state index contributed by atoms with van der Waals surface area (Å²) < 4.78 is 5.69. The third-order valence-electron chi connectivity index (χ3n) is 5.30. The molecule has 1 aromatic rings. The minimum Gasteiger partial charge on any atom is -0.455 e. The average molecular weight is 378 g/mol. The number of piperidine rings is 1. The second-order valence-corrected chi connectivity index (χ2v) is 7.71. The predicted octanol–water partition coefficient (Wildman–Crippen LogP) is 0.129. The summed E-state index contributed by atoms with van der Waals surface area (Å²) in [6.07, 6.45) is 2.31. The Kier molecular flexibility index (Phi) is 6.51. The Labute approximate surface area is 160 Å². The average Bonchev–Trinajstić information content (AvgIpc) is 3.29. The van der Waals surface area contributed by atoms with E-state index in [1.807, 2.05) is 11.0 Å². The van der Waals surface area contributed by atoms with E-state index in [0.717, 1.165) is 25.4 Å². The van der Waals surface area contributed by atoms with Crippen LogP contribution in [0.4, 0.5) is 0 Å². The number of likely N-dealkylation sites (N-methyl/N-ethyl adjacent to an activating group) is 1. The van der Waals surface area contributed by atoms with Crippen molar-refractivity contribution in [2.75, 3.05) is 46.8 Å². The van der Waals surface area contributed by atoms with Crippen LogP contribution in [-0.4, -0.2) is 90.6 Å². The third kappa shape index (κ3) is 5.31. The number of rotatable bonds is 6. The molecule has 0 saturated carbocycles. The topological polar surface area (TPSA) is 89.3 Å². The Balaban J connectivity index is 1.48. The molecule has 2 amide bonds. The summed E-state index contributed by atoms with van der Waals surface area (Å²) in [6.45, 7) is 4.17. The zero-order valence-electron chi connectivity index (χ0n) is 16.2. The van der Waals surface area contributed by atoms with E-state index in [0.29, 0.717) is 19.5 Å². The van der Waals surface area contributed by atoms with E-state index < -0.39 is 6.10 Å². The zero-order chi connectivity index (χ0) is 19.4. The van der Waals surface area contributed by atoms with Gasteiger partial charge < -0.3 is 19.7 Å². The summed E-state index contributed by atoms with van der Waals surface area (Å²) in [4.78, 5) is 30.0. The SMILES string of the molecule is CN(C)C(=O)CN1CC[C@@H](NC(=O)c2ccc(CN3CCCC3)o2)[C@H](O)C1. The summed E-state index contributed by atoms with van der Waals surface area (Å²) in [5.74, 6) is 0.775. The minimum atomic E-state index is -0.711. The number of amides is 2. The van der Waals surface area contributed by atoms with E-state index in [2.05, 4.69) is 10.2 Å². The Morgan fingerprint density at radius 2 is 1.96 bits per heavy atom. The monoisotopic (exact) mass is 378 g/mol. The van der Waals surface area contributed by atoms with Crippen LogP contribution >= 0.6 is 0 Å². The van der Waals surface area contributed by atoms with Crippen molar-refractivity contribution in [3.8, 4) is 0 Å². The van der Waals surface area contributed by atoms with Gasteiger partial charge in [0.05, 0.1) is 25.2 Å². The molecule has 2 saturated heterocycles. The van der Waals surface area contributed by atoms with Crippen molar-refractivity contribution in [2.24, 2.45) is 0 Å². The molecule has 0 bridgehead atoms. The van der Waals surface area contributed by atoms with Gasteiger partial charge in [0.15, 0.2) is 5.76 Å². The molecule has 3 rings (SSSR count). The molecular formula is C19H30N4O4. The first-order valence-corrected chi connectivity index (χ1v) is 9.65. The number of aliphatic hydroxyl groups excluding tert-OH is 1. The molecule has 3 heterocycles. The lowest BCUT2D eigenvalue weighted by Gasteiger charge is -2.36. The number of nitrogens with zero attached hydrogens (tertiary/aromatic N) is 3. The highest BCUT2D eigenvalue weighted by atomic mass is 16.4. The summed E-state index contributed by atoms with van der Waals surface area (Å²) in [6, 6.07) is 3.20. The van der Waals surface area contributed by atoms with Crippen LogP contribution in [0.5, 0.6) is 0 Å². The van der Waals surface area contributed by atoms with Crippen LogP contribution in [-0.2, 0) is 11.3 Å². The molecule has 2 N–H and O–H groups in total. The smallest absolute Gasteiger partial charge is 0.287 e. The number of β-amino-alcohol motifs (C(OH)–C–C–N with tert-alkyl or cyclic N) is 1. The lowest BCUT2D eigenvalue weighted by atomic mass is 10.0. The van der Waals surface area contributed by atoms with Gasteiger partial charge in [-0.2, -0.15) is 0 Å². The van der Waals surface area contributed by atoms with Crippen molar-refractivity contribution < 1.29 is 19.1 Å². The highest BCUT2D eigenvalue weighted by Gasteiger charge is 2.30. The number of hydrogen-bond donors (Lipinski definition) is 2. The standard InChI is InChI=1S/C19H30N4O4/c1-21(2)18(25)13-23-10-7-15(16(24)12-23)20-19(26)17-6-5-14(27-17)11-22-8-3-4-9-22/h5-6,15-16,24H,3-4,7-13H2,1-2H3,(H,20,26)/t15-,16-/m1/s1. The molecule has 0 unspecified atom stereocenters. The van der Waals surface area contributed by atoms with Gasteiger partial charge >= 0.3 is 0 Å². The Morgan fingerprint density at radius 3 is 2.63 bits per heavy atom. The molecule has 0 radical (unpaired) electrons. The van der Waals surface area contributed by atoms with Crippen LogP contribution in [0, 0.1) is 0 Å². The van der Waals surface area contributed by atoms with E-state index in [4.69, 9.17) is 4.42 Å². The fourth-order valence-electron chi connectivity index (χ4n) is 3.63. The van der Waals surface area contributed by atoms with Crippen LogP contribution in [0.25, 0.3) is 0 Å². The number of likely N-dealkylation sites (tertiary alicyclic amines) is 2. The predicted molar refractivity (Wildman–Crippen MR) is 100 cm³/mol. The highest BCUT2D eigenvalue weighted by molar-refractivity contribution is 5.91. The van der Waals surface area contributed by atoms with Gasteiger partial charge in [-0.3, -0.25) is 19.4 Å². The summed E-state index contributed by atoms with van der Waals surface area (Å²) >= 11 is 0. The molecule has 2 fully saturated rings. The van der Waals surface area contributed by atoms with E-state index >= 15 is 0 Å². The first kappa shape index (κ1) is 19.9. The van der Waals surface area contributed by atoms with Crippen molar-refractivity contribution in [1.29, 1.82) is 0 Å². The Hall–Kier alpha value is -1.90. The maximum absolute atomic E-state index is 12.5. The molecule has 2 aliphatic heterocycles. The van der Waals surface area contributed by atoms with E-state index in [1.54, 1.807) is 20.2 Å². The van der Waals surface area contributed by atoms with Crippen molar-refractivity contribution in [2.45, 2.75) is 38.0 Å². The van der Waals surface area contributed by atoms with Crippen LogP contribution in [0.15, 0.2) is 16.5 Å². The molecule has 150 valence electrons. The van der Waals surface area contributed by atoms with Crippen LogP contribution < -0.4 is 5.32 Å². The first-order valence-electron chi connectivity index (χ1n) is 9.65. The van der Waals surface area contributed by atoms with Crippen LogP contribution in [0.3, 0.4) is 0 Å². The molecule has 0 spiro atoms. The summed E-state index contributed by atoms with van der Waals surface area (Å²) in [5, 5.41) is 13.2. The zero-order valence-corrected chi connectivity index (χ0v) is 16.2. The normalized spacial score (nSPS) is 24.1. The van der Waals surface area contributed by atoms with E-state index in [1.165, 1.54) is 17.7 Å². The summed E-state index contributed by atoms with van der Waals surface area (Å²) in [5.41, 5.74) is 0. The maximum atomic E-state index is 12.5. The van der Waals surface area contributed by atoms with Gasteiger partial charge in [-0.1, -0.05) is 0 Å². The van der Waals surface area contributed by atoms with Crippen molar-refractivity contribution in [3.63, 3.8) is 0 Å². The molecule has 1 aromatic heterocycles. The number of aliphatic hydroxyl groups is 1. The molecule has 0 aliphatic carbocycles. The molecule has 27 heavy (non-hydrogen) atoms. The lowest BCUT2D eigenvalue weighted by Crippen LogP contribution is -2.55. The molecule has 8 nitrogen and oxygen atoms in total. The maximum Gasteiger partial charge on any atom is 0.287 e. The quantitative estimate of drug-likeness (QED) is 0.731. The van der Waals surface area contributed by atoms with Gasteiger partial charge in [-0.05, 0) is 44.5 Å². The minimum absolute atomic E-state index is 0.00537. The molecular weight excluding hydrogens is 348 g/mol. The fraction of sp³-hybridized carbons (Fsp3) is 0.684. The van der Waals surface area contributed by atoms with Gasteiger partial charge in [0.1, 0.15) is 5.76 Å². The second-order valence-electron chi connectivity index (χ2n) is 7.71. The number of carbonyl (C=O) groups is 2. The highest BCUT2D eigenvalue weighted by Crippen LogP contribution is 2.16. The van der Waals surface area contributed by atoms with Crippen LogP contribution in [0.1, 0.15) is 35.6 Å². The molecule has 0 aromatic carbocycles. The number of nitrogens with one attached hydrogen (secondary N) is 1. The Bertz CT molecular complexity index is 654. The van der Waals surface area contributed by atoms with E-state index in [9.17, 15) is 14.7 Å². The lowest BCUT2D eigenvalue weighted by molar-refractivity contribution is -0.130. The second kappa shape index (κ2) is 8.86. The molecule has 2 atom stereocenters. The number of hydrogen-bond acceptors (Lipinski definition) is 6. The molecule has 8 heteroatoms. The third-order valence-corrected chi connectivity index (χ3v) is 5.30. The van der Waals surface area contributed by atoms with Gasteiger partial charge in [0.25, 0.3) is 5.91 Å². The molecule has 2 aliphatic rings. The van der Waals surface area contributed by atoms with Gasteiger partial charge in [0, 0.05) is 27.2 Å². The van der Waals surface area contributed by atoms with Gasteiger partial charge in [-0.25, -0.2) is 0 Å². The summed E-state index contributed by atoms with van der Waals surface area (Å²) in [7, 11) is 3.43. The van der Waals surface area contributed by atoms with Gasteiger partial charge in [0.2, 0.25) is 5.91 Å². The van der Waals surface area contributed by atoms with Crippen molar-refractivity contribution in [3.05, 3.63) is 23.7 Å². The Morgan fingerprint density at radius 1 is 1.22 bits per heavy atom. The number of furan rings is 1. The number of carbonyl (C=O) groups excluding carboxylic acids is 2. The van der Waals surface area contributed by atoms with Crippen LogP contribution in [0.2, 0.25) is 0 Å². The van der Waals surface area contributed by atoms with E-state index in [-0.39, 0.29) is 30.2 Å². The van der Waals surface area contributed by atoms with Gasteiger partial charge in [-0.15, -0.1) is 0 Å². The largest absolute Gasteiger partial charge is 0.455 e.